The molecule has 0 N–H and O–H groups in total. The van der Waals surface area contributed by atoms with Gasteiger partial charge in [-0.05, 0) is 36.8 Å². The van der Waals surface area contributed by atoms with Crippen molar-refractivity contribution < 1.29 is 23.7 Å². The van der Waals surface area contributed by atoms with Gasteiger partial charge in [0.1, 0.15) is 5.75 Å². The molecule has 0 saturated heterocycles. The van der Waals surface area contributed by atoms with Gasteiger partial charge >= 0.3 is 6.09 Å². The molecular formula is C21H26ClN3O5. The lowest BCUT2D eigenvalue weighted by Crippen LogP contribution is -2.38. The minimum absolute atomic E-state index is 0.0855. The predicted octanol–water partition coefficient (Wildman–Crippen LogP) is 4.20. The summed E-state index contributed by atoms with van der Waals surface area (Å²) in [7, 11) is 3.13. The summed E-state index contributed by atoms with van der Waals surface area (Å²) in [5.74, 6) is 1.38. The number of para-hydroxylation sites is 1. The standard InChI is InChI=1S/C21H26ClN3O5/c1-14-5-4-6-16(15-7-8-15)19(14)30-20-17(13-18(22)23-24-20)29-21(26)25(9-11-27-2)10-12-28-3/h4-6,13,15H,7-12H2,1-3H3. The van der Waals surface area contributed by atoms with Gasteiger partial charge in [0.25, 0.3) is 5.88 Å². The number of carbonyl (C=O) groups is 1. The number of amides is 1. The average molecular weight is 436 g/mol. The molecule has 1 aliphatic carbocycles. The van der Waals surface area contributed by atoms with Crippen LogP contribution in [0.4, 0.5) is 4.79 Å². The number of benzene rings is 1. The second-order valence-corrected chi connectivity index (χ2v) is 7.43. The number of ether oxygens (including phenoxy) is 4. The maximum Gasteiger partial charge on any atom is 0.415 e. The van der Waals surface area contributed by atoms with Crippen molar-refractivity contribution in [2.75, 3.05) is 40.5 Å². The van der Waals surface area contributed by atoms with Gasteiger partial charge < -0.3 is 23.8 Å². The Morgan fingerprint density at radius 1 is 1.17 bits per heavy atom. The van der Waals surface area contributed by atoms with Crippen molar-refractivity contribution in [3.8, 4) is 17.4 Å². The summed E-state index contributed by atoms with van der Waals surface area (Å²) in [6.45, 7) is 3.40. The van der Waals surface area contributed by atoms with Gasteiger partial charge in [-0.2, -0.15) is 0 Å². The fourth-order valence-electron chi connectivity index (χ4n) is 2.97. The Kier molecular flexibility index (Phi) is 7.84. The molecule has 0 radical (unpaired) electrons. The van der Waals surface area contributed by atoms with E-state index in [1.807, 2.05) is 25.1 Å². The molecule has 1 saturated carbocycles. The van der Waals surface area contributed by atoms with Gasteiger partial charge in [-0.15, -0.1) is 10.2 Å². The molecule has 1 fully saturated rings. The predicted molar refractivity (Wildman–Crippen MR) is 112 cm³/mol. The minimum atomic E-state index is -0.579. The zero-order valence-corrected chi connectivity index (χ0v) is 18.1. The van der Waals surface area contributed by atoms with E-state index >= 15 is 0 Å². The number of carbonyl (C=O) groups excluding carboxylic acids is 1. The first-order chi connectivity index (χ1) is 14.5. The van der Waals surface area contributed by atoms with Crippen molar-refractivity contribution in [3.63, 3.8) is 0 Å². The van der Waals surface area contributed by atoms with E-state index in [1.54, 1.807) is 14.2 Å². The fourth-order valence-corrected chi connectivity index (χ4v) is 3.10. The van der Waals surface area contributed by atoms with Crippen molar-refractivity contribution in [2.45, 2.75) is 25.7 Å². The van der Waals surface area contributed by atoms with Crippen molar-refractivity contribution in [1.82, 2.24) is 15.1 Å². The fraction of sp³-hybridized carbons (Fsp3) is 0.476. The van der Waals surface area contributed by atoms with E-state index in [0.717, 1.165) is 24.0 Å². The monoisotopic (exact) mass is 435 g/mol. The minimum Gasteiger partial charge on any atom is -0.434 e. The maximum absolute atomic E-state index is 12.7. The SMILES string of the molecule is COCCN(CCOC)C(=O)Oc1cc(Cl)nnc1Oc1c(C)cccc1C1CC1. The Hall–Kier alpha value is -2.42. The van der Waals surface area contributed by atoms with Crippen LogP contribution in [0.3, 0.4) is 0 Å². The van der Waals surface area contributed by atoms with Crippen molar-refractivity contribution in [2.24, 2.45) is 0 Å². The zero-order chi connectivity index (χ0) is 21.5. The molecule has 0 bridgehead atoms. The van der Waals surface area contributed by atoms with Crippen LogP contribution in [0, 0.1) is 6.92 Å². The van der Waals surface area contributed by atoms with Crippen LogP contribution in [0.5, 0.6) is 17.4 Å². The largest absolute Gasteiger partial charge is 0.434 e. The number of halogens is 1. The lowest BCUT2D eigenvalue weighted by atomic mass is 10.1. The van der Waals surface area contributed by atoms with Crippen LogP contribution in [0.25, 0.3) is 0 Å². The summed E-state index contributed by atoms with van der Waals surface area (Å²) in [6.07, 6.45) is 1.68. The molecule has 162 valence electrons. The van der Waals surface area contributed by atoms with Crippen LogP contribution in [0.2, 0.25) is 5.15 Å². The molecule has 9 heteroatoms. The number of nitrogens with zero attached hydrogens (tertiary/aromatic N) is 3. The lowest BCUT2D eigenvalue weighted by molar-refractivity contribution is 0.101. The molecule has 0 unspecified atom stereocenters. The molecule has 1 amide bonds. The number of methoxy groups -OCH3 is 2. The van der Waals surface area contributed by atoms with Crippen LogP contribution in [0.1, 0.15) is 29.9 Å². The van der Waals surface area contributed by atoms with E-state index in [0.29, 0.717) is 38.0 Å². The third kappa shape index (κ3) is 5.81. The maximum atomic E-state index is 12.7. The highest BCUT2D eigenvalue weighted by Crippen LogP contribution is 2.46. The number of rotatable bonds is 10. The average Bonchev–Trinajstić information content (AvgIpc) is 3.56. The van der Waals surface area contributed by atoms with Gasteiger partial charge in [-0.3, -0.25) is 0 Å². The molecule has 1 aromatic carbocycles. The van der Waals surface area contributed by atoms with E-state index in [-0.39, 0.29) is 16.8 Å². The molecule has 1 heterocycles. The number of aromatic nitrogens is 2. The highest BCUT2D eigenvalue weighted by molar-refractivity contribution is 6.29. The Morgan fingerprint density at radius 2 is 1.87 bits per heavy atom. The second kappa shape index (κ2) is 10.6. The van der Waals surface area contributed by atoms with Crippen molar-refractivity contribution >= 4 is 17.7 Å². The summed E-state index contributed by atoms with van der Waals surface area (Å²) in [6, 6.07) is 7.44. The second-order valence-electron chi connectivity index (χ2n) is 7.05. The molecule has 30 heavy (non-hydrogen) atoms. The van der Waals surface area contributed by atoms with Crippen LogP contribution >= 0.6 is 11.6 Å². The quantitative estimate of drug-likeness (QED) is 0.553. The zero-order valence-electron chi connectivity index (χ0n) is 17.4. The van der Waals surface area contributed by atoms with Crippen LogP contribution < -0.4 is 9.47 Å². The summed E-state index contributed by atoms with van der Waals surface area (Å²) in [4.78, 5) is 14.2. The summed E-state index contributed by atoms with van der Waals surface area (Å²) >= 11 is 6.00. The highest BCUT2D eigenvalue weighted by atomic mass is 35.5. The Bertz CT molecular complexity index is 868. The molecule has 3 rings (SSSR count). The van der Waals surface area contributed by atoms with Crippen LogP contribution in [-0.4, -0.2) is 61.7 Å². The van der Waals surface area contributed by atoms with E-state index in [4.69, 9.17) is 30.5 Å². The first-order valence-corrected chi connectivity index (χ1v) is 10.2. The first kappa shape index (κ1) is 22.3. The van der Waals surface area contributed by atoms with E-state index in [2.05, 4.69) is 10.2 Å². The Morgan fingerprint density at radius 3 is 2.50 bits per heavy atom. The van der Waals surface area contributed by atoms with E-state index < -0.39 is 6.09 Å². The number of hydrogen-bond donors (Lipinski definition) is 0. The molecule has 0 spiro atoms. The first-order valence-electron chi connectivity index (χ1n) is 9.78. The normalized spacial score (nSPS) is 13.2. The summed E-state index contributed by atoms with van der Waals surface area (Å²) in [5.41, 5.74) is 2.08. The van der Waals surface area contributed by atoms with Gasteiger partial charge in [0.15, 0.2) is 10.9 Å². The van der Waals surface area contributed by atoms with E-state index in [9.17, 15) is 4.79 Å². The molecule has 1 aromatic heterocycles. The molecular weight excluding hydrogens is 410 g/mol. The van der Waals surface area contributed by atoms with Gasteiger partial charge in [0.05, 0.1) is 13.2 Å². The van der Waals surface area contributed by atoms with Crippen LogP contribution in [0.15, 0.2) is 24.3 Å². The summed E-state index contributed by atoms with van der Waals surface area (Å²) < 4.78 is 21.8. The van der Waals surface area contributed by atoms with Crippen molar-refractivity contribution in [3.05, 3.63) is 40.5 Å². The van der Waals surface area contributed by atoms with Gasteiger partial charge in [0.2, 0.25) is 0 Å². The highest BCUT2D eigenvalue weighted by Gasteiger charge is 2.28. The lowest BCUT2D eigenvalue weighted by Gasteiger charge is -2.22. The van der Waals surface area contributed by atoms with Crippen LogP contribution in [-0.2, 0) is 9.47 Å². The van der Waals surface area contributed by atoms with Crippen molar-refractivity contribution in [1.29, 1.82) is 0 Å². The molecule has 0 atom stereocenters. The Balaban J connectivity index is 1.83. The molecule has 1 aliphatic rings. The third-order valence-corrected chi connectivity index (χ3v) is 4.93. The molecule has 0 aliphatic heterocycles. The molecule has 2 aromatic rings. The van der Waals surface area contributed by atoms with E-state index in [1.165, 1.54) is 11.0 Å². The third-order valence-electron chi connectivity index (χ3n) is 4.74. The summed E-state index contributed by atoms with van der Waals surface area (Å²) in [5, 5.41) is 7.97. The van der Waals surface area contributed by atoms with Gasteiger partial charge in [-0.25, -0.2) is 4.79 Å². The smallest absolute Gasteiger partial charge is 0.415 e. The molecule has 8 nitrogen and oxygen atoms in total. The number of aryl methyl sites for hydroxylation is 1. The van der Waals surface area contributed by atoms with Gasteiger partial charge in [0, 0.05) is 33.4 Å². The van der Waals surface area contributed by atoms with Gasteiger partial charge in [-0.1, -0.05) is 29.8 Å². The Labute approximate surface area is 181 Å². The topological polar surface area (TPSA) is 83.0 Å². The number of hydrogen-bond acceptors (Lipinski definition) is 7.